The van der Waals surface area contributed by atoms with E-state index in [1.807, 2.05) is 67.6 Å². The van der Waals surface area contributed by atoms with Crippen molar-refractivity contribution in [2.45, 2.75) is 38.1 Å². The minimum absolute atomic E-state index is 0.0159. The third-order valence-corrected chi connectivity index (χ3v) is 8.32. The summed E-state index contributed by atoms with van der Waals surface area (Å²) in [7, 11) is 5.94. The number of benzene rings is 3. The number of anilines is 1. The fourth-order valence-corrected chi connectivity index (χ4v) is 5.87. The van der Waals surface area contributed by atoms with E-state index in [1.54, 1.807) is 7.11 Å². The lowest BCUT2D eigenvalue weighted by Crippen LogP contribution is -2.43. The quantitative estimate of drug-likeness (QED) is 0.433. The molecule has 0 saturated carbocycles. The predicted molar refractivity (Wildman–Crippen MR) is 160 cm³/mol. The highest BCUT2D eigenvalue weighted by Crippen LogP contribution is 2.35. The first kappa shape index (κ1) is 27.9. The molecule has 2 heterocycles. The number of piperidine rings is 1. The highest BCUT2D eigenvalue weighted by molar-refractivity contribution is 6.04. The summed E-state index contributed by atoms with van der Waals surface area (Å²) in [6, 6.07) is 19.6. The van der Waals surface area contributed by atoms with Gasteiger partial charge in [0.25, 0.3) is 11.8 Å². The molecular formula is C33H40N4O3. The molecule has 1 atom stereocenters. The largest absolute Gasteiger partial charge is 0.496 e. The van der Waals surface area contributed by atoms with Crippen molar-refractivity contribution in [3.63, 3.8) is 0 Å². The Morgan fingerprint density at radius 1 is 0.825 bits per heavy atom. The molecule has 3 aromatic rings. The van der Waals surface area contributed by atoms with Gasteiger partial charge in [0, 0.05) is 40.9 Å². The van der Waals surface area contributed by atoms with Crippen molar-refractivity contribution in [1.82, 2.24) is 15.1 Å². The van der Waals surface area contributed by atoms with Gasteiger partial charge < -0.3 is 25.2 Å². The number of likely N-dealkylation sites (tertiary alicyclic amines) is 2. The summed E-state index contributed by atoms with van der Waals surface area (Å²) in [5.41, 5.74) is 6.25. The molecule has 7 heteroatoms. The first-order valence-corrected chi connectivity index (χ1v) is 14.2. The molecule has 2 N–H and O–H groups in total. The number of methoxy groups -OCH3 is 1. The predicted octanol–water partition coefficient (Wildman–Crippen LogP) is 5.17. The van der Waals surface area contributed by atoms with Crippen molar-refractivity contribution in [3.8, 4) is 16.9 Å². The van der Waals surface area contributed by atoms with Crippen molar-refractivity contribution >= 4 is 17.5 Å². The lowest BCUT2D eigenvalue weighted by molar-refractivity contribution is 0.0916. The molecule has 40 heavy (non-hydrogen) atoms. The van der Waals surface area contributed by atoms with E-state index >= 15 is 0 Å². The monoisotopic (exact) mass is 540 g/mol. The average molecular weight is 541 g/mol. The number of amides is 2. The molecule has 7 nitrogen and oxygen atoms in total. The summed E-state index contributed by atoms with van der Waals surface area (Å²) >= 11 is 0. The maximum atomic E-state index is 13.1. The summed E-state index contributed by atoms with van der Waals surface area (Å²) in [4.78, 5) is 30.5. The Balaban J connectivity index is 1.24. The van der Waals surface area contributed by atoms with Crippen molar-refractivity contribution in [2.24, 2.45) is 0 Å². The van der Waals surface area contributed by atoms with Gasteiger partial charge in [-0.1, -0.05) is 18.2 Å². The molecule has 3 aromatic carbocycles. The molecule has 0 bridgehead atoms. The van der Waals surface area contributed by atoms with Crippen LogP contribution in [0.4, 0.5) is 5.69 Å². The summed E-state index contributed by atoms with van der Waals surface area (Å²) in [6.45, 7) is 6.08. The van der Waals surface area contributed by atoms with Crippen molar-refractivity contribution in [2.75, 3.05) is 52.7 Å². The molecule has 0 aliphatic carbocycles. The molecular weight excluding hydrogens is 500 g/mol. The second kappa shape index (κ2) is 12.2. The Hall–Kier alpha value is -3.68. The van der Waals surface area contributed by atoms with E-state index in [0.717, 1.165) is 79.1 Å². The second-order valence-corrected chi connectivity index (χ2v) is 11.3. The molecule has 5 rings (SSSR count). The highest BCUT2D eigenvalue weighted by Gasteiger charge is 2.24. The van der Waals surface area contributed by atoms with Gasteiger partial charge in [-0.25, -0.2) is 0 Å². The van der Waals surface area contributed by atoms with Gasteiger partial charge in [-0.05, 0) is 119 Å². The van der Waals surface area contributed by atoms with E-state index in [9.17, 15) is 9.59 Å². The van der Waals surface area contributed by atoms with E-state index in [2.05, 4.69) is 34.5 Å². The minimum Gasteiger partial charge on any atom is -0.496 e. The van der Waals surface area contributed by atoms with Crippen LogP contribution < -0.4 is 15.4 Å². The van der Waals surface area contributed by atoms with Gasteiger partial charge in [-0.15, -0.1) is 0 Å². The summed E-state index contributed by atoms with van der Waals surface area (Å²) < 4.78 is 5.61. The van der Waals surface area contributed by atoms with Crippen LogP contribution in [0.1, 0.15) is 57.0 Å². The van der Waals surface area contributed by atoms with Gasteiger partial charge in [0.2, 0.25) is 0 Å². The standard InChI is InChI=1S/C33H40N4O3/c1-22-19-25(33(39)34-27-14-17-36(2)18-15-27)9-11-29(22)23-5-7-24(8-6-23)32(38)35-28-10-12-31(40-4)30(20-28)26-13-16-37(3)21-26/h5-12,19-20,26-27H,13-18,21H2,1-4H3,(H,34,39)(H,35,38). The number of likely N-dealkylation sites (N-methyl/N-ethyl adjacent to an activating group) is 1. The molecule has 2 aliphatic heterocycles. The first-order chi connectivity index (χ1) is 19.3. The van der Waals surface area contributed by atoms with E-state index in [1.165, 1.54) is 0 Å². The van der Waals surface area contributed by atoms with Crippen LogP contribution in [-0.4, -0.2) is 75.0 Å². The highest BCUT2D eigenvalue weighted by atomic mass is 16.5. The average Bonchev–Trinajstić information content (AvgIpc) is 3.40. The number of nitrogens with one attached hydrogen (secondary N) is 2. The number of carbonyl (C=O) groups is 2. The zero-order valence-electron chi connectivity index (χ0n) is 24.0. The first-order valence-electron chi connectivity index (χ1n) is 14.2. The van der Waals surface area contributed by atoms with E-state index in [0.29, 0.717) is 17.0 Å². The Morgan fingerprint density at radius 2 is 1.52 bits per heavy atom. The van der Waals surface area contributed by atoms with Crippen LogP contribution in [0.15, 0.2) is 60.7 Å². The maximum absolute atomic E-state index is 13.1. The van der Waals surface area contributed by atoms with Gasteiger partial charge in [0.1, 0.15) is 5.75 Å². The van der Waals surface area contributed by atoms with Crippen LogP contribution in [0, 0.1) is 6.92 Å². The van der Waals surface area contributed by atoms with Gasteiger partial charge in [0.15, 0.2) is 0 Å². The molecule has 210 valence electrons. The van der Waals surface area contributed by atoms with Crippen LogP contribution in [0.2, 0.25) is 0 Å². The van der Waals surface area contributed by atoms with Crippen LogP contribution in [0.3, 0.4) is 0 Å². The van der Waals surface area contributed by atoms with Crippen molar-refractivity contribution in [3.05, 3.63) is 82.9 Å². The summed E-state index contributed by atoms with van der Waals surface area (Å²) in [5, 5.41) is 6.25. The summed E-state index contributed by atoms with van der Waals surface area (Å²) in [5.74, 6) is 1.09. The SMILES string of the molecule is COc1ccc(NC(=O)c2ccc(-c3ccc(C(=O)NC4CCN(C)CC4)cc3C)cc2)cc1C1CCN(C)C1. The molecule has 0 radical (unpaired) electrons. The number of carbonyl (C=O) groups excluding carboxylic acids is 2. The van der Waals surface area contributed by atoms with Crippen LogP contribution >= 0.6 is 0 Å². The smallest absolute Gasteiger partial charge is 0.255 e. The number of hydrogen-bond donors (Lipinski definition) is 2. The van der Waals surface area contributed by atoms with Gasteiger partial charge in [-0.2, -0.15) is 0 Å². The summed E-state index contributed by atoms with van der Waals surface area (Å²) in [6.07, 6.45) is 3.04. The molecule has 0 spiro atoms. The normalized spacial score (nSPS) is 18.4. The third-order valence-electron chi connectivity index (χ3n) is 8.32. The number of ether oxygens (including phenoxy) is 1. The number of aryl methyl sites for hydroxylation is 1. The Labute approximate surface area is 237 Å². The topological polar surface area (TPSA) is 73.9 Å². The van der Waals surface area contributed by atoms with E-state index in [-0.39, 0.29) is 17.9 Å². The number of nitrogens with zero attached hydrogens (tertiary/aromatic N) is 2. The fraction of sp³-hybridized carbons (Fsp3) is 0.394. The lowest BCUT2D eigenvalue weighted by Gasteiger charge is -2.29. The van der Waals surface area contributed by atoms with Crippen LogP contribution in [0.5, 0.6) is 5.75 Å². The van der Waals surface area contributed by atoms with Crippen LogP contribution in [0.25, 0.3) is 11.1 Å². The number of hydrogen-bond acceptors (Lipinski definition) is 5. The van der Waals surface area contributed by atoms with Crippen molar-refractivity contribution in [1.29, 1.82) is 0 Å². The molecule has 2 aliphatic rings. The van der Waals surface area contributed by atoms with E-state index in [4.69, 9.17) is 4.74 Å². The zero-order valence-corrected chi connectivity index (χ0v) is 24.0. The Kier molecular flexibility index (Phi) is 8.52. The van der Waals surface area contributed by atoms with Crippen molar-refractivity contribution < 1.29 is 14.3 Å². The molecule has 2 fully saturated rings. The Morgan fingerprint density at radius 3 is 2.17 bits per heavy atom. The second-order valence-electron chi connectivity index (χ2n) is 11.3. The zero-order chi connectivity index (χ0) is 28.2. The van der Waals surface area contributed by atoms with Gasteiger partial charge in [-0.3, -0.25) is 9.59 Å². The van der Waals surface area contributed by atoms with Gasteiger partial charge >= 0.3 is 0 Å². The Bertz CT molecular complexity index is 1360. The molecule has 2 saturated heterocycles. The van der Waals surface area contributed by atoms with Gasteiger partial charge in [0.05, 0.1) is 7.11 Å². The lowest BCUT2D eigenvalue weighted by atomic mass is 9.96. The molecule has 2 amide bonds. The minimum atomic E-state index is -0.149. The maximum Gasteiger partial charge on any atom is 0.255 e. The fourth-order valence-electron chi connectivity index (χ4n) is 5.87. The van der Waals surface area contributed by atoms with E-state index < -0.39 is 0 Å². The molecule has 0 aromatic heterocycles. The van der Waals surface area contributed by atoms with Crippen LogP contribution in [-0.2, 0) is 0 Å². The number of rotatable bonds is 7. The molecule has 1 unspecified atom stereocenters. The third kappa shape index (κ3) is 6.37.